The molecule has 24 heavy (non-hydrogen) atoms. The summed E-state index contributed by atoms with van der Waals surface area (Å²) in [5.74, 6) is 1.77. The van der Waals surface area contributed by atoms with E-state index in [4.69, 9.17) is 16.3 Å². The maximum Gasteiger partial charge on any atom is 0.255 e. The van der Waals surface area contributed by atoms with Gasteiger partial charge < -0.3 is 9.72 Å². The summed E-state index contributed by atoms with van der Waals surface area (Å²) < 4.78 is 5.08. The van der Waals surface area contributed by atoms with Gasteiger partial charge in [-0.1, -0.05) is 11.6 Å². The number of methoxy groups -OCH3 is 1. The number of rotatable bonds is 4. The zero-order valence-electron chi connectivity index (χ0n) is 13.5. The van der Waals surface area contributed by atoms with Crippen LogP contribution in [-0.4, -0.2) is 33.5 Å². The molecule has 6 nitrogen and oxygen atoms in total. The Morgan fingerprint density at radius 3 is 3.00 bits per heavy atom. The van der Waals surface area contributed by atoms with Crippen LogP contribution in [0.3, 0.4) is 0 Å². The summed E-state index contributed by atoms with van der Waals surface area (Å²) in [5.41, 5.74) is 2.77. The zero-order chi connectivity index (χ0) is 16.7. The first kappa shape index (κ1) is 15.6. The van der Waals surface area contributed by atoms with Crippen molar-refractivity contribution in [2.24, 2.45) is 0 Å². The lowest BCUT2D eigenvalue weighted by molar-refractivity contribution is 0.241. The van der Waals surface area contributed by atoms with Gasteiger partial charge >= 0.3 is 0 Å². The fourth-order valence-electron chi connectivity index (χ4n) is 3.15. The number of aromatic nitrogens is 3. The van der Waals surface area contributed by atoms with Crippen LogP contribution in [0.4, 0.5) is 0 Å². The van der Waals surface area contributed by atoms with Crippen LogP contribution in [0.5, 0.6) is 5.88 Å². The summed E-state index contributed by atoms with van der Waals surface area (Å²) >= 11 is 6.14. The molecule has 0 spiro atoms. The van der Waals surface area contributed by atoms with Crippen molar-refractivity contribution < 1.29 is 4.74 Å². The minimum atomic E-state index is 0.0116. The SMILES string of the molecule is COc1ncc(CN2CCc3nc(C4CC4)[nH]c(=O)c3C2)cc1Cl. The van der Waals surface area contributed by atoms with Crippen molar-refractivity contribution in [3.05, 3.63) is 50.3 Å². The first-order valence-corrected chi connectivity index (χ1v) is 8.54. The number of ether oxygens (including phenoxy) is 1. The molecule has 1 aliphatic carbocycles. The van der Waals surface area contributed by atoms with Gasteiger partial charge in [0.2, 0.25) is 5.88 Å². The summed E-state index contributed by atoms with van der Waals surface area (Å²) in [6.45, 7) is 2.17. The zero-order valence-corrected chi connectivity index (χ0v) is 14.3. The summed E-state index contributed by atoms with van der Waals surface area (Å²) in [7, 11) is 1.55. The molecule has 0 aromatic carbocycles. The maximum absolute atomic E-state index is 12.4. The minimum absolute atomic E-state index is 0.0116. The van der Waals surface area contributed by atoms with Gasteiger partial charge in [-0.3, -0.25) is 9.69 Å². The van der Waals surface area contributed by atoms with Gasteiger partial charge in [0.1, 0.15) is 10.8 Å². The number of nitrogens with zero attached hydrogens (tertiary/aromatic N) is 3. The molecule has 0 saturated heterocycles. The molecule has 0 atom stereocenters. The van der Waals surface area contributed by atoms with E-state index in [-0.39, 0.29) is 5.56 Å². The van der Waals surface area contributed by atoms with Crippen molar-refractivity contribution in [3.8, 4) is 5.88 Å². The molecule has 126 valence electrons. The van der Waals surface area contributed by atoms with Gasteiger partial charge in [-0.25, -0.2) is 9.97 Å². The molecule has 4 rings (SSSR count). The van der Waals surface area contributed by atoms with Crippen LogP contribution in [0.15, 0.2) is 17.1 Å². The van der Waals surface area contributed by atoms with E-state index < -0.39 is 0 Å². The molecule has 0 radical (unpaired) electrons. The van der Waals surface area contributed by atoms with Crippen LogP contribution in [-0.2, 0) is 19.5 Å². The lowest BCUT2D eigenvalue weighted by Crippen LogP contribution is -2.35. The van der Waals surface area contributed by atoms with Crippen molar-refractivity contribution in [3.63, 3.8) is 0 Å². The van der Waals surface area contributed by atoms with Gasteiger partial charge in [-0.2, -0.15) is 0 Å². The van der Waals surface area contributed by atoms with Crippen LogP contribution in [0.2, 0.25) is 5.02 Å². The molecule has 0 unspecified atom stereocenters. The molecule has 0 bridgehead atoms. The molecular weight excluding hydrogens is 328 g/mol. The van der Waals surface area contributed by atoms with Gasteiger partial charge in [0.05, 0.1) is 18.4 Å². The highest BCUT2D eigenvalue weighted by atomic mass is 35.5. The third kappa shape index (κ3) is 3.03. The van der Waals surface area contributed by atoms with E-state index in [2.05, 4.69) is 19.9 Å². The molecule has 3 heterocycles. The van der Waals surface area contributed by atoms with E-state index >= 15 is 0 Å². The Balaban J connectivity index is 1.52. The highest BCUT2D eigenvalue weighted by molar-refractivity contribution is 6.31. The van der Waals surface area contributed by atoms with Crippen LogP contribution in [0.25, 0.3) is 0 Å². The highest BCUT2D eigenvalue weighted by Crippen LogP contribution is 2.37. The number of halogens is 1. The van der Waals surface area contributed by atoms with E-state index in [9.17, 15) is 4.79 Å². The van der Waals surface area contributed by atoms with E-state index in [1.165, 1.54) is 0 Å². The molecule has 7 heteroatoms. The maximum atomic E-state index is 12.4. The third-order valence-electron chi connectivity index (χ3n) is 4.59. The predicted molar refractivity (Wildman–Crippen MR) is 90.4 cm³/mol. The second kappa shape index (κ2) is 6.18. The monoisotopic (exact) mass is 346 g/mol. The number of H-pyrrole nitrogens is 1. The third-order valence-corrected chi connectivity index (χ3v) is 4.86. The average Bonchev–Trinajstić information content (AvgIpc) is 3.40. The number of hydrogen-bond donors (Lipinski definition) is 1. The van der Waals surface area contributed by atoms with Gasteiger partial charge in [0.25, 0.3) is 5.56 Å². The predicted octanol–water partition coefficient (Wildman–Crippen LogP) is 2.26. The van der Waals surface area contributed by atoms with E-state index in [0.717, 1.165) is 48.5 Å². The largest absolute Gasteiger partial charge is 0.480 e. The Morgan fingerprint density at radius 1 is 1.46 bits per heavy atom. The first-order valence-electron chi connectivity index (χ1n) is 8.17. The molecule has 0 amide bonds. The summed E-state index contributed by atoms with van der Waals surface area (Å²) in [4.78, 5) is 26.4. The van der Waals surface area contributed by atoms with Crippen molar-refractivity contribution in [2.75, 3.05) is 13.7 Å². The second-order valence-electron chi connectivity index (χ2n) is 6.45. The Labute approximate surface area is 144 Å². The Hall–Kier alpha value is -1.92. The Morgan fingerprint density at radius 2 is 2.29 bits per heavy atom. The van der Waals surface area contributed by atoms with Crippen molar-refractivity contribution in [1.29, 1.82) is 0 Å². The summed E-state index contributed by atoms with van der Waals surface area (Å²) in [6, 6.07) is 1.86. The van der Waals surface area contributed by atoms with Crippen molar-refractivity contribution in [1.82, 2.24) is 19.9 Å². The van der Waals surface area contributed by atoms with E-state index in [1.807, 2.05) is 6.07 Å². The lowest BCUT2D eigenvalue weighted by Gasteiger charge is -2.27. The van der Waals surface area contributed by atoms with Gasteiger partial charge in [-0.15, -0.1) is 0 Å². The molecule has 2 aromatic heterocycles. The average molecular weight is 347 g/mol. The number of fused-ring (bicyclic) bond motifs is 1. The normalized spacial score (nSPS) is 17.6. The summed E-state index contributed by atoms with van der Waals surface area (Å²) in [6.07, 6.45) is 4.84. The molecular formula is C17H19ClN4O2. The van der Waals surface area contributed by atoms with Crippen molar-refractivity contribution in [2.45, 2.75) is 38.3 Å². The lowest BCUT2D eigenvalue weighted by atomic mass is 10.1. The van der Waals surface area contributed by atoms with E-state index in [0.29, 0.717) is 29.9 Å². The van der Waals surface area contributed by atoms with E-state index in [1.54, 1.807) is 13.3 Å². The van der Waals surface area contributed by atoms with Crippen LogP contribution < -0.4 is 10.3 Å². The number of pyridine rings is 1. The second-order valence-corrected chi connectivity index (χ2v) is 6.85. The van der Waals surface area contributed by atoms with Crippen LogP contribution >= 0.6 is 11.6 Å². The van der Waals surface area contributed by atoms with Gasteiger partial charge in [-0.05, 0) is 24.5 Å². The highest BCUT2D eigenvalue weighted by Gasteiger charge is 2.29. The van der Waals surface area contributed by atoms with Crippen molar-refractivity contribution >= 4 is 11.6 Å². The molecule has 2 aromatic rings. The molecule has 2 aliphatic rings. The van der Waals surface area contributed by atoms with Gasteiger partial charge in [0.15, 0.2) is 0 Å². The number of nitrogens with one attached hydrogen (secondary N) is 1. The smallest absolute Gasteiger partial charge is 0.255 e. The van der Waals surface area contributed by atoms with Crippen LogP contribution in [0.1, 0.15) is 41.4 Å². The number of hydrogen-bond acceptors (Lipinski definition) is 5. The number of aromatic amines is 1. The Bertz CT molecular complexity index is 832. The first-order chi connectivity index (χ1) is 11.6. The van der Waals surface area contributed by atoms with Crippen LogP contribution in [0, 0.1) is 0 Å². The quantitative estimate of drug-likeness (QED) is 0.919. The fourth-order valence-corrected chi connectivity index (χ4v) is 3.41. The minimum Gasteiger partial charge on any atom is -0.480 e. The fraction of sp³-hybridized carbons (Fsp3) is 0.471. The molecule has 1 N–H and O–H groups in total. The topological polar surface area (TPSA) is 71.1 Å². The Kier molecular flexibility index (Phi) is 4.02. The standard InChI is InChI=1S/C17H19ClN4O2/c1-24-17-13(18)6-10(7-19-17)8-22-5-4-14-12(9-22)16(23)21-15(20-14)11-2-3-11/h6-7,11H,2-5,8-9H2,1H3,(H,20,21,23). The summed E-state index contributed by atoms with van der Waals surface area (Å²) in [5, 5.41) is 0.501. The molecule has 1 saturated carbocycles. The van der Waals surface area contributed by atoms with Gasteiger partial charge in [0, 0.05) is 38.2 Å². The molecule has 1 fully saturated rings. The molecule has 1 aliphatic heterocycles.